The van der Waals surface area contributed by atoms with Gasteiger partial charge in [-0.2, -0.15) is 0 Å². The van der Waals surface area contributed by atoms with Crippen molar-refractivity contribution < 1.29 is 14.2 Å². The molecule has 1 aromatic carbocycles. The van der Waals surface area contributed by atoms with Gasteiger partial charge in [-0.05, 0) is 30.0 Å². The van der Waals surface area contributed by atoms with Gasteiger partial charge in [0.2, 0.25) is 0 Å². The van der Waals surface area contributed by atoms with Gasteiger partial charge in [0.25, 0.3) is 0 Å². The summed E-state index contributed by atoms with van der Waals surface area (Å²) in [5.41, 5.74) is 0.970. The molecule has 19 heavy (non-hydrogen) atoms. The third-order valence-corrected chi connectivity index (χ3v) is 4.70. The average Bonchev–Trinajstić information content (AvgIpc) is 2.83. The Hall–Kier alpha value is -0.450. The summed E-state index contributed by atoms with van der Waals surface area (Å²) in [6.45, 7) is 2.95. The van der Waals surface area contributed by atoms with Crippen molar-refractivity contribution >= 4 is 27.5 Å². The lowest BCUT2D eigenvalue weighted by Crippen LogP contribution is -2.19. The number of benzene rings is 1. The van der Waals surface area contributed by atoms with Gasteiger partial charge in [0, 0.05) is 11.1 Å². The lowest BCUT2D eigenvalue weighted by Gasteiger charge is -2.23. The molecule has 3 atom stereocenters. The van der Waals surface area contributed by atoms with Crippen LogP contribution in [0.4, 0.5) is 0 Å². The Balaban J connectivity index is 2.33. The van der Waals surface area contributed by atoms with Gasteiger partial charge in [-0.25, -0.2) is 0 Å². The largest absolute Gasteiger partial charge is 0.493 e. The molecule has 1 heterocycles. The molecule has 1 saturated heterocycles. The molecule has 1 fully saturated rings. The summed E-state index contributed by atoms with van der Waals surface area (Å²) in [4.78, 5) is 0. The van der Waals surface area contributed by atoms with Crippen LogP contribution in [0, 0.1) is 5.92 Å². The number of hydrogen-bond donors (Lipinski definition) is 0. The van der Waals surface area contributed by atoms with Crippen LogP contribution in [0.1, 0.15) is 24.3 Å². The van der Waals surface area contributed by atoms with E-state index in [0.29, 0.717) is 17.4 Å². The summed E-state index contributed by atoms with van der Waals surface area (Å²) in [5.74, 6) is 1.82. The molecule has 1 aliphatic rings. The molecule has 0 aromatic heterocycles. The maximum Gasteiger partial charge on any atom is 0.161 e. The second-order valence-corrected chi connectivity index (χ2v) is 6.06. The molecule has 0 amide bonds. The number of methoxy groups -OCH3 is 2. The predicted octanol–water partition coefficient (Wildman–Crippen LogP) is 4.17. The van der Waals surface area contributed by atoms with E-state index >= 15 is 0 Å². The van der Waals surface area contributed by atoms with Gasteiger partial charge >= 0.3 is 0 Å². The smallest absolute Gasteiger partial charge is 0.161 e. The van der Waals surface area contributed by atoms with E-state index in [1.54, 1.807) is 14.2 Å². The van der Waals surface area contributed by atoms with Gasteiger partial charge in [-0.1, -0.05) is 22.9 Å². The summed E-state index contributed by atoms with van der Waals surface area (Å²) in [6.07, 6.45) is 1.09. The number of ether oxygens (including phenoxy) is 3. The van der Waals surface area contributed by atoms with Crippen LogP contribution in [0.25, 0.3) is 0 Å². The number of alkyl halides is 1. The van der Waals surface area contributed by atoms with Crippen molar-refractivity contribution in [3.63, 3.8) is 0 Å². The Morgan fingerprint density at radius 3 is 2.47 bits per heavy atom. The highest BCUT2D eigenvalue weighted by Crippen LogP contribution is 2.42. The van der Waals surface area contributed by atoms with Crippen LogP contribution in [0.2, 0.25) is 0 Å². The molecule has 106 valence electrons. The summed E-state index contributed by atoms with van der Waals surface area (Å²) in [7, 11) is 3.23. The Morgan fingerprint density at radius 1 is 1.32 bits per heavy atom. The second kappa shape index (κ2) is 6.33. The molecule has 0 aliphatic carbocycles. The molecular formula is C14H18BrClO3. The molecule has 3 nitrogen and oxygen atoms in total. The molecule has 3 unspecified atom stereocenters. The lowest BCUT2D eigenvalue weighted by molar-refractivity contribution is 0.0901. The Kier molecular flexibility index (Phi) is 4.98. The van der Waals surface area contributed by atoms with E-state index < -0.39 is 0 Å². The van der Waals surface area contributed by atoms with Crippen molar-refractivity contribution in [3.8, 4) is 11.5 Å². The number of rotatable bonds is 4. The van der Waals surface area contributed by atoms with Gasteiger partial charge in [-0.15, -0.1) is 11.6 Å². The minimum Gasteiger partial charge on any atom is -0.493 e. The fourth-order valence-electron chi connectivity index (χ4n) is 2.35. The first-order valence-electron chi connectivity index (χ1n) is 6.25. The minimum absolute atomic E-state index is 0.0380. The minimum atomic E-state index is -0.202. The van der Waals surface area contributed by atoms with E-state index in [0.717, 1.165) is 23.1 Å². The standard InChI is InChI=1S/C14H18BrClO3/c1-8-4-5-19-14(8)13(16)9-6-11(17-2)12(18-3)7-10(9)15/h6-8,13-14H,4-5H2,1-3H3. The third-order valence-electron chi connectivity index (χ3n) is 3.53. The van der Waals surface area contributed by atoms with E-state index in [2.05, 4.69) is 22.9 Å². The fraction of sp³-hybridized carbons (Fsp3) is 0.571. The van der Waals surface area contributed by atoms with Gasteiger partial charge in [-0.3, -0.25) is 0 Å². The molecule has 1 aromatic rings. The highest BCUT2D eigenvalue weighted by atomic mass is 79.9. The summed E-state index contributed by atoms with van der Waals surface area (Å²) >= 11 is 10.1. The molecule has 2 rings (SSSR count). The van der Waals surface area contributed by atoms with Crippen molar-refractivity contribution in [1.82, 2.24) is 0 Å². The molecule has 0 N–H and O–H groups in total. The Labute approximate surface area is 127 Å². The van der Waals surface area contributed by atoms with Gasteiger partial charge < -0.3 is 14.2 Å². The van der Waals surface area contributed by atoms with Crippen LogP contribution in [0.5, 0.6) is 11.5 Å². The first-order chi connectivity index (χ1) is 9.08. The molecule has 5 heteroatoms. The van der Waals surface area contributed by atoms with Crippen molar-refractivity contribution in [2.75, 3.05) is 20.8 Å². The predicted molar refractivity (Wildman–Crippen MR) is 79.4 cm³/mol. The van der Waals surface area contributed by atoms with Crippen molar-refractivity contribution in [1.29, 1.82) is 0 Å². The van der Waals surface area contributed by atoms with Crippen LogP contribution in [0.15, 0.2) is 16.6 Å². The lowest BCUT2D eigenvalue weighted by atomic mass is 9.97. The highest BCUT2D eigenvalue weighted by Gasteiger charge is 2.33. The average molecular weight is 350 g/mol. The maximum atomic E-state index is 6.59. The molecule has 1 aliphatic heterocycles. The third kappa shape index (κ3) is 3.01. The van der Waals surface area contributed by atoms with Crippen molar-refractivity contribution in [2.45, 2.75) is 24.8 Å². The zero-order valence-corrected chi connectivity index (χ0v) is 13.6. The van der Waals surface area contributed by atoms with Crippen molar-refractivity contribution in [2.24, 2.45) is 5.92 Å². The Bertz CT molecular complexity index is 453. The highest BCUT2D eigenvalue weighted by molar-refractivity contribution is 9.10. The van der Waals surface area contributed by atoms with Crippen molar-refractivity contribution in [3.05, 3.63) is 22.2 Å². The fourth-order valence-corrected chi connectivity index (χ4v) is 3.55. The topological polar surface area (TPSA) is 27.7 Å². The van der Waals surface area contributed by atoms with Crippen LogP contribution in [0.3, 0.4) is 0 Å². The summed E-state index contributed by atoms with van der Waals surface area (Å²) in [6, 6.07) is 3.79. The zero-order chi connectivity index (χ0) is 14.0. The maximum absolute atomic E-state index is 6.59. The van der Waals surface area contributed by atoms with E-state index in [9.17, 15) is 0 Å². The number of halogens is 2. The van der Waals surface area contributed by atoms with Gasteiger partial charge in [0.15, 0.2) is 11.5 Å². The van der Waals surface area contributed by atoms with E-state index in [4.69, 9.17) is 25.8 Å². The monoisotopic (exact) mass is 348 g/mol. The van der Waals surface area contributed by atoms with Crippen LogP contribution in [-0.2, 0) is 4.74 Å². The SMILES string of the molecule is COc1cc(Br)c(C(Cl)C2OCCC2C)cc1OC. The second-order valence-electron chi connectivity index (χ2n) is 4.73. The van der Waals surface area contributed by atoms with E-state index in [-0.39, 0.29) is 11.5 Å². The van der Waals surface area contributed by atoms with Gasteiger partial charge in [0.1, 0.15) is 0 Å². The quantitative estimate of drug-likeness (QED) is 0.764. The molecule has 0 radical (unpaired) electrons. The molecular weight excluding hydrogens is 332 g/mol. The normalized spacial score (nSPS) is 24.3. The molecule has 0 spiro atoms. The molecule has 0 bridgehead atoms. The van der Waals surface area contributed by atoms with Gasteiger partial charge in [0.05, 0.1) is 25.7 Å². The first kappa shape index (κ1) is 14.9. The zero-order valence-electron chi connectivity index (χ0n) is 11.3. The summed E-state index contributed by atoms with van der Waals surface area (Å²) in [5, 5.41) is -0.202. The van der Waals surface area contributed by atoms with Crippen LogP contribution in [-0.4, -0.2) is 26.9 Å². The van der Waals surface area contributed by atoms with E-state index in [1.165, 1.54) is 0 Å². The number of hydrogen-bond acceptors (Lipinski definition) is 3. The van der Waals surface area contributed by atoms with Crippen LogP contribution >= 0.6 is 27.5 Å². The van der Waals surface area contributed by atoms with Crippen LogP contribution < -0.4 is 9.47 Å². The van der Waals surface area contributed by atoms with E-state index in [1.807, 2.05) is 12.1 Å². The molecule has 0 saturated carbocycles. The first-order valence-corrected chi connectivity index (χ1v) is 7.48. The Morgan fingerprint density at radius 2 is 1.95 bits per heavy atom. The summed E-state index contributed by atoms with van der Waals surface area (Å²) < 4.78 is 17.2.